The quantitative estimate of drug-likeness (QED) is 0.836. The van der Waals surface area contributed by atoms with Crippen molar-refractivity contribution in [1.82, 2.24) is 15.1 Å². The van der Waals surface area contributed by atoms with E-state index in [4.69, 9.17) is 16.3 Å². The fourth-order valence-corrected chi connectivity index (χ4v) is 1.83. The first-order valence-electron chi connectivity index (χ1n) is 5.60. The largest absolute Gasteiger partial charge is 0.377 e. The fourth-order valence-electron chi connectivity index (χ4n) is 1.56. The summed E-state index contributed by atoms with van der Waals surface area (Å²) < 4.78 is 7.51. The van der Waals surface area contributed by atoms with Gasteiger partial charge < -0.3 is 10.1 Å². The summed E-state index contributed by atoms with van der Waals surface area (Å²) in [6, 6.07) is 0.0809. The van der Waals surface area contributed by atoms with E-state index in [1.807, 2.05) is 32.5 Å². The van der Waals surface area contributed by atoms with E-state index in [0.717, 1.165) is 12.2 Å². The van der Waals surface area contributed by atoms with E-state index < -0.39 is 0 Å². The molecule has 1 aromatic heterocycles. The van der Waals surface area contributed by atoms with Crippen LogP contribution in [0.5, 0.6) is 0 Å². The van der Waals surface area contributed by atoms with Crippen molar-refractivity contribution in [3.8, 4) is 0 Å². The summed E-state index contributed by atoms with van der Waals surface area (Å²) in [5.41, 5.74) is 0.993. The second-order valence-electron chi connectivity index (χ2n) is 3.92. The average molecular weight is 246 g/mol. The molecule has 0 bridgehead atoms. The molecule has 1 unspecified atom stereocenters. The molecular formula is C11H20ClN3O. The lowest BCUT2D eigenvalue weighted by atomic mass is 10.2. The normalized spacial score (nSPS) is 13.4. The average Bonchev–Trinajstić information content (AvgIpc) is 2.61. The highest BCUT2D eigenvalue weighted by Crippen LogP contribution is 2.23. The molecule has 0 saturated carbocycles. The lowest BCUT2D eigenvalue weighted by molar-refractivity contribution is 0.0610. The van der Waals surface area contributed by atoms with Gasteiger partial charge in [0.2, 0.25) is 0 Å². The molecule has 0 amide bonds. The van der Waals surface area contributed by atoms with Crippen LogP contribution in [0.15, 0.2) is 6.20 Å². The van der Waals surface area contributed by atoms with Gasteiger partial charge in [0.25, 0.3) is 0 Å². The van der Waals surface area contributed by atoms with Crippen LogP contribution in [0.25, 0.3) is 0 Å². The maximum absolute atomic E-state index is 6.13. The van der Waals surface area contributed by atoms with Crippen LogP contribution in [0.3, 0.4) is 0 Å². The molecule has 16 heavy (non-hydrogen) atoms. The number of halogens is 1. The Hall–Kier alpha value is -0.580. The van der Waals surface area contributed by atoms with Crippen molar-refractivity contribution in [2.45, 2.75) is 39.5 Å². The van der Waals surface area contributed by atoms with E-state index in [9.17, 15) is 0 Å². The summed E-state index contributed by atoms with van der Waals surface area (Å²) in [5, 5.41) is 8.11. The van der Waals surface area contributed by atoms with Gasteiger partial charge in [-0.05, 0) is 27.8 Å². The summed E-state index contributed by atoms with van der Waals surface area (Å²) in [4.78, 5) is 0. The van der Waals surface area contributed by atoms with Gasteiger partial charge in [-0.15, -0.1) is 0 Å². The summed E-state index contributed by atoms with van der Waals surface area (Å²) in [6.07, 6.45) is 1.90. The second kappa shape index (κ2) is 6.23. The van der Waals surface area contributed by atoms with Crippen molar-refractivity contribution < 1.29 is 4.74 Å². The number of rotatable bonds is 6. The van der Waals surface area contributed by atoms with Gasteiger partial charge in [-0.3, -0.25) is 4.68 Å². The zero-order chi connectivity index (χ0) is 12.1. The van der Waals surface area contributed by atoms with E-state index in [1.54, 1.807) is 6.20 Å². The van der Waals surface area contributed by atoms with E-state index in [-0.39, 0.29) is 12.1 Å². The third-order valence-electron chi connectivity index (χ3n) is 2.41. The minimum atomic E-state index is 0.0809. The van der Waals surface area contributed by atoms with Gasteiger partial charge in [0, 0.05) is 6.54 Å². The van der Waals surface area contributed by atoms with Gasteiger partial charge in [-0.2, -0.15) is 5.10 Å². The van der Waals surface area contributed by atoms with Gasteiger partial charge in [0.1, 0.15) is 0 Å². The lowest BCUT2D eigenvalue weighted by Gasteiger charge is -2.19. The van der Waals surface area contributed by atoms with Crippen molar-refractivity contribution >= 4 is 11.6 Å². The van der Waals surface area contributed by atoms with Gasteiger partial charge in [-0.25, -0.2) is 0 Å². The molecule has 4 nitrogen and oxygen atoms in total. The number of aromatic nitrogens is 2. The molecule has 1 aromatic rings. The molecule has 0 aliphatic heterocycles. The lowest BCUT2D eigenvalue weighted by Crippen LogP contribution is -2.26. The number of ether oxygens (including phenoxy) is 1. The Bertz CT molecular complexity index is 325. The zero-order valence-corrected chi connectivity index (χ0v) is 11.1. The molecule has 0 aromatic carbocycles. The number of likely N-dealkylation sites (N-methyl/N-ethyl adjacent to an activating group) is 1. The zero-order valence-electron chi connectivity index (χ0n) is 10.3. The molecule has 0 radical (unpaired) electrons. The molecular weight excluding hydrogens is 226 g/mol. The van der Waals surface area contributed by atoms with E-state index in [1.165, 1.54) is 0 Å². The summed E-state index contributed by atoms with van der Waals surface area (Å²) in [7, 11) is 1.90. The first-order valence-corrected chi connectivity index (χ1v) is 5.98. The van der Waals surface area contributed by atoms with Crippen LogP contribution in [0.2, 0.25) is 5.02 Å². The van der Waals surface area contributed by atoms with Crippen LogP contribution in [-0.2, 0) is 11.3 Å². The maximum atomic E-state index is 6.13. The number of aryl methyl sites for hydroxylation is 1. The predicted octanol–water partition coefficient (Wildman–Crippen LogP) is 2.24. The maximum Gasteiger partial charge on any atom is 0.0835 e. The minimum Gasteiger partial charge on any atom is -0.377 e. The molecule has 1 heterocycles. The Morgan fingerprint density at radius 1 is 1.56 bits per heavy atom. The van der Waals surface area contributed by atoms with Crippen LogP contribution in [0.4, 0.5) is 0 Å². The summed E-state index contributed by atoms with van der Waals surface area (Å²) >= 11 is 6.13. The van der Waals surface area contributed by atoms with E-state index in [2.05, 4.69) is 10.4 Å². The standard InChI is InChI=1S/C11H20ClN3O/c1-5-15-11(9(12)6-14-15)10(13-4)7-16-8(2)3/h6,8,10,13H,5,7H2,1-4H3. The minimum absolute atomic E-state index is 0.0809. The molecule has 1 N–H and O–H groups in total. The third-order valence-corrected chi connectivity index (χ3v) is 2.70. The van der Waals surface area contributed by atoms with Crippen molar-refractivity contribution in [3.05, 3.63) is 16.9 Å². The predicted molar refractivity (Wildman–Crippen MR) is 65.8 cm³/mol. The fraction of sp³-hybridized carbons (Fsp3) is 0.727. The Balaban J connectivity index is 2.81. The molecule has 0 fully saturated rings. The van der Waals surface area contributed by atoms with Crippen molar-refractivity contribution in [2.24, 2.45) is 0 Å². The summed E-state index contributed by atoms with van der Waals surface area (Å²) in [6.45, 7) is 7.49. The topological polar surface area (TPSA) is 39.1 Å². The van der Waals surface area contributed by atoms with E-state index >= 15 is 0 Å². The number of nitrogens with zero attached hydrogens (tertiary/aromatic N) is 2. The van der Waals surface area contributed by atoms with Crippen LogP contribution >= 0.6 is 11.6 Å². The Labute approximate surface area is 102 Å². The van der Waals surface area contributed by atoms with Crippen LogP contribution in [-0.4, -0.2) is 29.5 Å². The highest BCUT2D eigenvalue weighted by molar-refractivity contribution is 6.31. The van der Waals surface area contributed by atoms with Crippen molar-refractivity contribution in [1.29, 1.82) is 0 Å². The van der Waals surface area contributed by atoms with E-state index in [0.29, 0.717) is 11.6 Å². The number of hydrogen-bond acceptors (Lipinski definition) is 3. The highest BCUT2D eigenvalue weighted by Gasteiger charge is 2.18. The monoisotopic (exact) mass is 245 g/mol. The van der Waals surface area contributed by atoms with Crippen LogP contribution in [0, 0.1) is 0 Å². The Morgan fingerprint density at radius 3 is 2.75 bits per heavy atom. The van der Waals surface area contributed by atoms with Crippen molar-refractivity contribution in [2.75, 3.05) is 13.7 Å². The second-order valence-corrected chi connectivity index (χ2v) is 4.32. The van der Waals surface area contributed by atoms with Crippen LogP contribution < -0.4 is 5.32 Å². The number of nitrogens with one attached hydrogen (secondary N) is 1. The first kappa shape index (κ1) is 13.5. The Morgan fingerprint density at radius 2 is 2.25 bits per heavy atom. The first-order chi connectivity index (χ1) is 7.60. The molecule has 0 aliphatic rings. The number of hydrogen-bond donors (Lipinski definition) is 1. The van der Waals surface area contributed by atoms with Gasteiger partial charge >= 0.3 is 0 Å². The molecule has 5 heteroatoms. The molecule has 0 aliphatic carbocycles. The molecule has 0 saturated heterocycles. The van der Waals surface area contributed by atoms with Crippen LogP contribution in [0.1, 0.15) is 32.5 Å². The molecule has 92 valence electrons. The Kier molecular flexibility index (Phi) is 5.25. The SMILES string of the molecule is CCn1ncc(Cl)c1C(COC(C)C)NC. The smallest absolute Gasteiger partial charge is 0.0835 e. The van der Waals surface area contributed by atoms with Gasteiger partial charge in [0.15, 0.2) is 0 Å². The molecule has 0 spiro atoms. The summed E-state index contributed by atoms with van der Waals surface area (Å²) in [5.74, 6) is 0. The molecule has 1 rings (SSSR count). The third kappa shape index (κ3) is 3.20. The highest BCUT2D eigenvalue weighted by atomic mass is 35.5. The van der Waals surface area contributed by atoms with Gasteiger partial charge in [0.05, 0.1) is 35.7 Å². The van der Waals surface area contributed by atoms with Gasteiger partial charge in [-0.1, -0.05) is 11.6 Å². The molecule has 1 atom stereocenters. The van der Waals surface area contributed by atoms with Crippen molar-refractivity contribution in [3.63, 3.8) is 0 Å².